The molecule has 0 fully saturated rings. The van der Waals surface area contributed by atoms with Gasteiger partial charge < -0.3 is 17.7 Å². The molecule has 5 aromatic heterocycles. The Kier molecular flexibility index (Phi) is 3.86. The molecule has 0 amide bonds. The Labute approximate surface area is 150 Å². The number of rotatable bonds is 0. The third-order valence-corrected chi connectivity index (χ3v) is 5.56. The Balaban J connectivity index is 1.81. The van der Waals surface area contributed by atoms with Crippen LogP contribution in [0.5, 0.6) is 0 Å². The molecule has 6 heteroatoms. The van der Waals surface area contributed by atoms with E-state index in [-0.39, 0.29) is 0 Å². The SMILES string of the molecule is c1cc2ccc(o2)pc2ccc(ccc3ccc(o3)pc3ccc1o3)o2. The number of fused-ring (bicyclic) bond motifs is 8. The van der Waals surface area contributed by atoms with Gasteiger partial charge in [0.2, 0.25) is 0 Å². The van der Waals surface area contributed by atoms with Crippen molar-refractivity contribution in [2.75, 3.05) is 0 Å². The lowest BCUT2D eigenvalue weighted by atomic mass is 10.4. The lowest BCUT2D eigenvalue weighted by Gasteiger charge is -1.80. The number of furan rings is 4. The topological polar surface area (TPSA) is 52.6 Å². The second-order valence-electron chi connectivity index (χ2n) is 5.59. The molecule has 8 bridgehead atoms. The molecule has 0 N–H and O–H groups in total. The van der Waals surface area contributed by atoms with Crippen LogP contribution in [0.2, 0.25) is 0 Å². The summed E-state index contributed by atoms with van der Waals surface area (Å²) in [7, 11) is 1.77. The van der Waals surface area contributed by atoms with E-state index >= 15 is 0 Å². The van der Waals surface area contributed by atoms with Crippen LogP contribution >= 0.6 is 16.4 Å². The fourth-order valence-corrected chi connectivity index (χ4v) is 4.15. The van der Waals surface area contributed by atoms with Crippen LogP contribution < -0.4 is 0 Å². The zero-order valence-corrected chi connectivity index (χ0v) is 15.2. The normalized spacial score (nSPS) is 11.7. The fourth-order valence-electron chi connectivity index (χ4n) is 2.51. The van der Waals surface area contributed by atoms with E-state index in [4.69, 9.17) is 17.7 Å². The van der Waals surface area contributed by atoms with Crippen molar-refractivity contribution >= 4 is 60.0 Å². The van der Waals surface area contributed by atoms with Gasteiger partial charge in [0.15, 0.2) is 21.3 Å². The van der Waals surface area contributed by atoms with Crippen LogP contribution in [0, 0.1) is 0 Å². The molecule has 0 aromatic carbocycles. The van der Waals surface area contributed by atoms with Crippen LogP contribution in [0.25, 0.3) is 43.6 Å². The summed E-state index contributed by atoms with van der Waals surface area (Å²) < 4.78 is 23.3. The molecule has 5 aromatic rings. The molecule has 0 saturated carbocycles. The van der Waals surface area contributed by atoms with Gasteiger partial charge in [0, 0.05) is 16.4 Å². The second-order valence-corrected chi connectivity index (χ2v) is 7.80. The standard InChI is InChI=1S/C20H12O4P2/c1-2-14-6-10-18(22-14)26-20-12-8-16(24-20)4-3-15-7-11-19(23-15)25-17-9-5-13(1)21-17/h1-12H. The summed E-state index contributed by atoms with van der Waals surface area (Å²) in [6.45, 7) is 0. The average Bonchev–Trinajstić information content (AvgIpc) is 3.40. The molecule has 26 heavy (non-hydrogen) atoms. The molecule has 0 spiro atoms. The van der Waals surface area contributed by atoms with Gasteiger partial charge in [0.05, 0.1) is 0 Å². The lowest BCUT2D eigenvalue weighted by molar-refractivity contribution is 0.664. The van der Waals surface area contributed by atoms with Crippen LogP contribution in [0.4, 0.5) is 0 Å². The molecule has 0 aliphatic rings. The van der Waals surface area contributed by atoms with Crippen LogP contribution in [0.3, 0.4) is 0 Å². The van der Waals surface area contributed by atoms with E-state index in [9.17, 15) is 0 Å². The van der Waals surface area contributed by atoms with E-state index in [1.165, 1.54) is 0 Å². The number of hydrogen-bond acceptors (Lipinski definition) is 4. The van der Waals surface area contributed by atoms with Crippen molar-refractivity contribution in [1.29, 1.82) is 0 Å². The molecule has 0 aliphatic heterocycles. The van der Waals surface area contributed by atoms with Crippen molar-refractivity contribution in [2.24, 2.45) is 0 Å². The van der Waals surface area contributed by atoms with Crippen molar-refractivity contribution in [2.45, 2.75) is 0 Å². The highest BCUT2D eigenvalue weighted by molar-refractivity contribution is 7.41. The van der Waals surface area contributed by atoms with Gasteiger partial charge in [-0.2, -0.15) is 0 Å². The maximum Gasteiger partial charge on any atom is 0.157 e. The van der Waals surface area contributed by atoms with E-state index in [1.54, 1.807) is 0 Å². The minimum atomic E-state index is 0.770. The Morgan fingerprint density at radius 1 is 0.346 bits per heavy atom. The molecule has 126 valence electrons. The zero-order chi connectivity index (χ0) is 17.3. The first-order chi connectivity index (χ1) is 12.8. The maximum atomic E-state index is 5.83. The monoisotopic (exact) mass is 378 g/mol. The molecular formula is C20H12O4P2. The molecule has 0 atom stereocenters. The Bertz CT molecular complexity index is 1150. The summed E-state index contributed by atoms with van der Waals surface area (Å²) in [5.74, 6) is 0. The van der Waals surface area contributed by atoms with Gasteiger partial charge in [0.25, 0.3) is 0 Å². The Morgan fingerprint density at radius 2 is 0.577 bits per heavy atom. The summed E-state index contributed by atoms with van der Waals surface area (Å²) in [4.78, 5) is 0. The summed E-state index contributed by atoms with van der Waals surface area (Å²) in [5, 5.41) is 3.30. The van der Waals surface area contributed by atoms with Crippen LogP contribution in [-0.4, -0.2) is 0 Å². The first-order valence-corrected chi connectivity index (χ1v) is 9.78. The minimum absolute atomic E-state index is 0.770. The molecular weight excluding hydrogens is 366 g/mol. The van der Waals surface area contributed by atoms with E-state index in [0.29, 0.717) is 0 Å². The minimum Gasteiger partial charge on any atom is -0.452 e. The molecule has 0 saturated heterocycles. The second kappa shape index (κ2) is 6.49. The van der Waals surface area contributed by atoms with E-state index in [0.717, 1.165) is 60.0 Å². The molecule has 5 rings (SSSR count). The summed E-state index contributed by atoms with van der Waals surface area (Å²) in [6, 6.07) is 23.1. The fraction of sp³-hybridized carbons (Fsp3) is 0. The predicted octanol–water partition coefficient (Wildman–Crippen LogP) is 8.08. The number of hydrogen-bond donors (Lipinski definition) is 0. The zero-order valence-electron chi connectivity index (χ0n) is 13.5. The molecule has 0 aliphatic carbocycles. The molecule has 0 unspecified atom stereocenters. The maximum absolute atomic E-state index is 5.83. The molecule has 0 radical (unpaired) electrons. The van der Waals surface area contributed by atoms with Gasteiger partial charge in [0.1, 0.15) is 22.3 Å². The molecule has 4 nitrogen and oxygen atoms in total. The third-order valence-electron chi connectivity index (χ3n) is 3.71. The van der Waals surface area contributed by atoms with Gasteiger partial charge >= 0.3 is 0 Å². The van der Waals surface area contributed by atoms with Crippen LogP contribution in [0.15, 0.2) is 90.5 Å². The first-order valence-electron chi connectivity index (χ1n) is 7.99. The van der Waals surface area contributed by atoms with Gasteiger partial charge in [-0.3, -0.25) is 0 Å². The quantitative estimate of drug-likeness (QED) is 0.273. The van der Waals surface area contributed by atoms with Crippen LogP contribution in [-0.2, 0) is 0 Å². The van der Waals surface area contributed by atoms with Crippen molar-refractivity contribution in [3.8, 4) is 0 Å². The van der Waals surface area contributed by atoms with E-state index < -0.39 is 0 Å². The van der Waals surface area contributed by atoms with Crippen LogP contribution in [0.1, 0.15) is 0 Å². The Hall–Kier alpha value is -2.80. The predicted molar refractivity (Wildman–Crippen MR) is 106 cm³/mol. The van der Waals surface area contributed by atoms with Crippen molar-refractivity contribution in [3.05, 3.63) is 72.8 Å². The summed E-state index contributed by atoms with van der Waals surface area (Å²) >= 11 is 0. The van der Waals surface area contributed by atoms with Gasteiger partial charge in [-0.05, 0) is 72.8 Å². The summed E-state index contributed by atoms with van der Waals surface area (Å²) in [5.41, 5.74) is 3.08. The highest BCUT2D eigenvalue weighted by atomic mass is 31.0. The van der Waals surface area contributed by atoms with Gasteiger partial charge in [-0.1, -0.05) is 0 Å². The van der Waals surface area contributed by atoms with Crippen molar-refractivity contribution in [1.82, 2.24) is 0 Å². The van der Waals surface area contributed by atoms with Gasteiger partial charge in [-0.15, -0.1) is 0 Å². The van der Waals surface area contributed by atoms with Crippen molar-refractivity contribution < 1.29 is 17.7 Å². The largest absolute Gasteiger partial charge is 0.452 e. The average molecular weight is 378 g/mol. The smallest absolute Gasteiger partial charge is 0.157 e. The van der Waals surface area contributed by atoms with Gasteiger partial charge in [-0.25, -0.2) is 0 Å². The first kappa shape index (κ1) is 15.5. The molecule has 5 heterocycles. The Morgan fingerprint density at radius 3 is 0.846 bits per heavy atom. The highest BCUT2D eigenvalue weighted by Crippen LogP contribution is 2.27. The van der Waals surface area contributed by atoms with E-state index in [1.807, 2.05) is 72.8 Å². The third kappa shape index (κ3) is 3.30. The highest BCUT2D eigenvalue weighted by Gasteiger charge is 1.96. The van der Waals surface area contributed by atoms with Crippen molar-refractivity contribution in [3.63, 3.8) is 0 Å². The van der Waals surface area contributed by atoms with E-state index in [2.05, 4.69) is 0 Å². The summed E-state index contributed by atoms with van der Waals surface area (Å²) in [6.07, 6.45) is 0. The lowest BCUT2D eigenvalue weighted by Crippen LogP contribution is -1.50.